The molecule has 0 fully saturated rings. The first kappa shape index (κ1) is 15.5. The predicted molar refractivity (Wildman–Crippen MR) is 87.7 cm³/mol. The Hall–Kier alpha value is -1.87. The molecule has 0 radical (unpaired) electrons. The molecular weight excluding hydrogens is 280 g/mol. The largest absolute Gasteiger partial charge is 0.299 e. The lowest BCUT2D eigenvalue weighted by atomic mass is 10.0. The molecule has 0 bridgehead atoms. The summed E-state index contributed by atoms with van der Waals surface area (Å²) in [7, 11) is 0. The Labute approximate surface area is 129 Å². The van der Waals surface area contributed by atoms with E-state index in [1.165, 1.54) is 11.8 Å². The van der Waals surface area contributed by atoms with Gasteiger partial charge in [0, 0.05) is 5.56 Å². The fourth-order valence-corrected chi connectivity index (χ4v) is 3.15. The number of thioether (sulfide) groups is 1. The number of carbonyl (C=O) groups excluding carboxylic acids is 2. The molecule has 0 aromatic heterocycles. The number of hydrogen-bond donors (Lipinski definition) is 0. The van der Waals surface area contributed by atoms with E-state index in [2.05, 4.69) is 0 Å². The van der Waals surface area contributed by atoms with Crippen LogP contribution in [0.15, 0.2) is 60.7 Å². The van der Waals surface area contributed by atoms with E-state index in [1.807, 2.05) is 67.6 Å². The minimum absolute atomic E-state index is 0.0416. The van der Waals surface area contributed by atoms with Gasteiger partial charge in [0.1, 0.15) is 5.78 Å². The minimum atomic E-state index is -0.354. The predicted octanol–water partition coefficient (Wildman–Crippen LogP) is 4.32. The maximum Gasteiger partial charge on any atom is 0.180 e. The monoisotopic (exact) mass is 298 g/mol. The van der Waals surface area contributed by atoms with Crippen LogP contribution in [0.3, 0.4) is 0 Å². The molecule has 0 heterocycles. The number of carbonyl (C=O) groups is 2. The molecule has 21 heavy (non-hydrogen) atoms. The zero-order chi connectivity index (χ0) is 15.2. The van der Waals surface area contributed by atoms with E-state index in [9.17, 15) is 9.59 Å². The molecule has 0 aliphatic rings. The van der Waals surface area contributed by atoms with Crippen molar-refractivity contribution in [3.63, 3.8) is 0 Å². The van der Waals surface area contributed by atoms with E-state index in [0.717, 1.165) is 5.56 Å². The van der Waals surface area contributed by atoms with Gasteiger partial charge in [0.2, 0.25) is 0 Å². The van der Waals surface area contributed by atoms with Crippen LogP contribution in [0.4, 0.5) is 0 Å². The average Bonchev–Trinajstić information content (AvgIpc) is 2.53. The summed E-state index contributed by atoms with van der Waals surface area (Å²) in [6, 6.07) is 18.9. The van der Waals surface area contributed by atoms with Crippen molar-refractivity contribution < 1.29 is 9.59 Å². The molecule has 0 aliphatic heterocycles. The van der Waals surface area contributed by atoms with Crippen LogP contribution in [0.5, 0.6) is 0 Å². The van der Waals surface area contributed by atoms with Gasteiger partial charge in [-0.25, -0.2) is 0 Å². The van der Waals surface area contributed by atoms with Crippen LogP contribution in [-0.4, -0.2) is 16.8 Å². The summed E-state index contributed by atoms with van der Waals surface area (Å²) in [4.78, 5) is 24.3. The van der Waals surface area contributed by atoms with Gasteiger partial charge in [0.25, 0.3) is 0 Å². The zero-order valence-electron chi connectivity index (χ0n) is 12.2. The summed E-state index contributed by atoms with van der Waals surface area (Å²) >= 11 is 1.41. The summed E-state index contributed by atoms with van der Waals surface area (Å²) < 4.78 is 0. The maximum absolute atomic E-state index is 12.8. The highest BCUT2D eigenvalue weighted by Crippen LogP contribution is 2.35. The van der Waals surface area contributed by atoms with Crippen LogP contribution in [-0.2, 0) is 4.79 Å². The van der Waals surface area contributed by atoms with Crippen molar-refractivity contribution in [1.82, 2.24) is 0 Å². The summed E-state index contributed by atoms with van der Waals surface area (Å²) in [5, 5.41) is -0.560. The topological polar surface area (TPSA) is 34.1 Å². The lowest BCUT2D eigenvalue weighted by molar-refractivity contribution is -0.116. The highest BCUT2D eigenvalue weighted by molar-refractivity contribution is 8.01. The summed E-state index contributed by atoms with van der Waals surface area (Å²) in [5.41, 5.74) is 1.61. The van der Waals surface area contributed by atoms with E-state index in [1.54, 1.807) is 6.92 Å². The smallest absolute Gasteiger partial charge is 0.180 e. The van der Waals surface area contributed by atoms with Crippen molar-refractivity contribution in [3.8, 4) is 0 Å². The third kappa shape index (κ3) is 4.05. The second kappa shape index (κ2) is 7.23. The molecule has 0 saturated carbocycles. The molecule has 0 aliphatic carbocycles. The van der Waals surface area contributed by atoms with Gasteiger partial charge in [0.05, 0.1) is 10.5 Å². The van der Waals surface area contributed by atoms with Gasteiger partial charge in [-0.2, -0.15) is 0 Å². The molecule has 3 heteroatoms. The molecule has 2 unspecified atom stereocenters. The highest BCUT2D eigenvalue weighted by Gasteiger charge is 2.26. The second-order valence-electron chi connectivity index (χ2n) is 4.91. The molecule has 2 aromatic rings. The van der Waals surface area contributed by atoms with Crippen molar-refractivity contribution in [2.45, 2.75) is 24.3 Å². The SMILES string of the molecule is CC(=O)C(C)SC(C(=O)c1ccccc1)c1ccccc1. The van der Waals surface area contributed by atoms with Crippen LogP contribution in [0.2, 0.25) is 0 Å². The Kier molecular flexibility index (Phi) is 5.34. The van der Waals surface area contributed by atoms with Crippen molar-refractivity contribution in [3.05, 3.63) is 71.8 Å². The standard InChI is InChI=1S/C18H18O2S/c1-13(19)14(2)21-18(16-11-7-4-8-12-16)17(20)15-9-5-3-6-10-15/h3-12,14,18H,1-2H3. The maximum atomic E-state index is 12.8. The fourth-order valence-electron chi connectivity index (χ4n) is 1.97. The van der Waals surface area contributed by atoms with Gasteiger partial charge in [-0.05, 0) is 19.4 Å². The lowest BCUT2D eigenvalue weighted by Crippen LogP contribution is -2.17. The summed E-state index contributed by atoms with van der Waals surface area (Å²) in [6.07, 6.45) is 0. The molecule has 2 aromatic carbocycles. The Morgan fingerprint density at radius 2 is 1.43 bits per heavy atom. The molecule has 0 saturated heterocycles. The van der Waals surface area contributed by atoms with Crippen LogP contribution >= 0.6 is 11.8 Å². The normalized spacial score (nSPS) is 13.4. The lowest BCUT2D eigenvalue weighted by Gasteiger charge is -2.19. The van der Waals surface area contributed by atoms with Gasteiger partial charge in [-0.1, -0.05) is 60.7 Å². The van der Waals surface area contributed by atoms with E-state index < -0.39 is 0 Å². The molecule has 2 rings (SSSR count). The van der Waals surface area contributed by atoms with Crippen LogP contribution in [0.1, 0.15) is 35.0 Å². The third-order valence-electron chi connectivity index (χ3n) is 3.31. The fraction of sp³-hybridized carbons (Fsp3) is 0.222. The van der Waals surface area contributed by atoms with E-state index >= 15 is 0 Å². The molecule has 0 amide bonds. The first-order valence-electron chi connectivity index (χ1n) is 6.89. The van der Waals surface area contributed by atoms with E-state index in [0.29, 0.717) is 5.56 Å². The highest BCUT2D eigenvalue weighted by atomic mass is 32.2. The quantitative estimate of drug-likeness (QED) is 0.745. The van der Waals surface area contributed by atoms with Crippen molar-refractivity contribution in [1.29, 1.82) is 0 Å². The van der Waals surface area contributed by atoms with E-state index in [-0.39, 0.29) is 22.1 Å². The Morgan fingerprint density at radius 1 is 0.905 bits per heavy atom. The van der Waals surface area contributed by atoms with Crippen LogP contribution < -0.4 is 0 Å². The first-order chi connectivity index (χ1) is 10.1. The number of benzene rings is 2. The third-order valence-corrected chi connectivity index (χ3v) is 4.81. The zero-order valence-corrected chi connectivity index (χ0v) is 13.0. The minimum Gasteiger partial charge on any atom is -0.299 e. The van der Waals surface area contributed by atoms with Crippen molar-refractivity contribution in [2.75, 3.05) is 0 Å². The first-order valence-corrected chi connectivity index (χ1v) is 7.84. The van der Waals surface area contributed by atoms with Gasteiger partial charge in [0.15, 0.2) is 5.78 Å². The van der Waals surface area contributed by atoms with Crippen LogP contribution in [0, 0.1) is 0 Å². The average molecular weight is 298 g/mol. The number of hydrogen-bond acceptors (Lipinski definition) is 3. The van der Waals surface area contributed by atoms with Gasteiger partial charge >= 0.3 is 0 Å². The molecule has 108 valence electrons. The second-order valence-corrected chi connectivity index (χ2v) is 6.36. The summed E-state index contributed by atoms with van der Waals surface area (Å²) in [5.74, 6) is 0.127. The Balaban J connectivity index is 2.32. The Bertz CT molecular complexity index is 608. The van der Waals surface area contributed by atoms with E-state index in [4.69, 9.17) is 0 Å². The van der Waals surface area contributed by atoms with Gasteiger partial charge < -0.3 is 0 Å². The van der Waals surface area contributed by atoms with Gasteiger partial charge in [-0.15, -0.1) is 11.8 Å². The van der Waals surface area contributed by atoms with Crippen LogP contribution in [0.25, 0.3) is 0 Å². The number of Topliss-reactive ketones (excluding diaryl/α,β-unsaturated/α-hetero) is 2. The molecule has 0 N–H and O–H groups in total. The van der Waals surface area contributed by atoms with Crippen molar-refractivity contribution >= 4 is 23.3 Å². The molecule has 2 atom stereocenters. The van der Waals surface area contributed by atoms with Crippen molar-refractivity contribution in [2.24, 2.45) is 0 Å². The summed E-state index contributed by atoms with van der Waals surface area (Å²) in [6.45, 7) is 3.41. The Morgan fingerprint density at radius 3 is 1.95 bits per heavy atom. The molecule has 2 nitrogen and oxygen atoms in total. The molecular formula is C18H18O2S. The number of ketones is 2. The number of rotatable bonds is 6. The molecule has 0 spiro atoms. The van der Waals surface area contributed by atoms with Gasteiger partial charge in [-0.3, -0.25) is 9.59 Å².